The molecule has 1 aliphatic rings. The molecular formula is C26H25ClN6. The Hall–Kier alpha value is -3.38. The van der Waals surface area contributed by atoms with E-state index in [4.69, 9.17) is 26.7 Å². The summed E-state index contributed by atoms with van der Waals surface area (Å²) in [6, 6.07) is 18.4. The zero-order valence-electron chi connectivity index (χ0n) is 18.5. The van der Waals surface area contributed by atoms with Crippen molar-refractivity contribution in [2.24, 2.45) is 0 Å². The minimum Gasteiger partial charge on any atom is -0.367 e. The first-order valence-corrected chi connectivity index (χ1v) is 11.9. The van der Waals surface area contributed by atoms with Crippen LogP contribution in [0.2, 0.25) is 5.02 Å². The number of imidazole rings is 1. The molecule has 1 fully saturated rings. The largest absolute Gasteiger partial charge is 0.367 e. The minimum absolute atomic E-state index is 0.438. The van der Waals surface area contributed by atoms with Gasteiger partial charge in [0.1, 0.15) is 17.8 Å². The lowest BCUT2D eigenvalue weighted by atomic mass is 9.95. The van der Waals surface area contributed by atoms with Crippen LogP contribution in [0.3, 0.4) is 0 Å². The number of anilines is 1. The van der Waals surface area contributed by atoms with Gasteiger partial charge in [-0.2, -0.15) is 5.10 Å². The maximum absolute atomic E-state index is 6.17. The fraction of sp³-hybridized carbons (Fsp3) is 0.269. The third-order valence-corrected chi connectivity index (χ3v) is 6.78. The number of benzene rings is 2. The molecule has 6 nitrogen and oxygen atoms in total. The van der Waals surface area contributed by atoms with Crippen molar-refractivity contribution in [2.45, 2.75) is 45.1 Å². The number of halogens is 1. The SMILES string of the molecule is Cc1nn(-c2ccccc2)c2ncn3c(NC4CCCCC4)c(-c4ccc(Cl)cc4)nc3c12. The van der Waals surface area contributed by atoms with Crippen LogP contribution in [-0.2, 0) is 0 Å². The fourth-order valence-electron chi connectivity index (χ4n) is 4.87. The van der Waals surface area contributed by atoms with Crippen molar-refractivity contribution in [1.82, 2.24) is 24.1 Å². The molecule has 166 valence electrons. The van der Waals surface area contributed by atoms with Gasteiger partial charge in [0, 0.05) is 16.6 Å². The molecule has 5 aromatic rings. The van der Waals surface area contributed by atoms with Crippen LogP contribution in [0, 0.1) is 6.92 Å². The molecule has 0 saturated heterocycles. The van der Waals surface area contributed by atoms with Gasteiger partial charge in [-0.15, -0.1) is 0 Å². The van der Waals surface area contributed by atoms with Crippen LogP contribution in [0.5, 0.6) is 0 Å². The first-order chi connectivity index (χ1) is 16.2. The van der Waals surface area contributed by atoms with E-state index in [1.807, 2.05) is 72.5 Å². The van der Waals surface area contributed by atoms with E-state index < -0.39 is 0 Å². The molecule has 1 aliphatic carbocycles. The number of aryl methyl sites for hydroxylation is 1. The van der Waals surface area contributed by atoms with Gasteiger partial charge in [-0.05, 0) is 44.0 Å². The number of nitrogens with one attached hydrogen (secondary N) is 1. The predicted octanol–water partition coefficient (Wildman–Crippen LogP) is 6.44. The summed E-state index contributed by atoms with van der Waals surface area (Å²) in [4.78, 5) is 9.98. The molecule has 0 unspecified atom stereocenters. The summed E-state index contributed by atoms with van der Waals surface area (Å²) in [5.74, 6) is 0.987. The molecule has 3 heterocycles. The van der Waals surface area contributed by atoms with Crippen molar-refractivity contribution in [2.75, 3.05) is 5.32 Å². The molecule has 0 bridgehead atoms. The van der Waals surface area contributed by atoms with Crippen LogP contribution in [0.4, 0.5) is 5.82 Å². The molecule has 1 saturated carbocycles. The second-order valence-electron chi connectivity index (χ2n) is 8.76. The minimum atomic E-state index is 0.438. The third kappa shape index (κ3) is 3.55. The van der Waals surface area contributed by atoms with Gasteiger partial charge in [0.2, 0.25) is 0 Å². The maximum atomic E-state index is 6.17. The van der Waals surface area contributed by atoms with Gasteiger partial charge in [-0.25, -0.2) is 14.6 Å². The molecule has 1 N–H and O–H groups in total. The predicted molar refractivity (Wildman–Crippen MR) is 133 cm³/mol. The van der Waals surface area contributed by atoms with Crippen molar-refractivity contribution in [1.29, 1.82) is 0 Å². The smallest absolute Gasteiger partial charge is 0.168 e. The molecule has 0 amide bonds. The first kappa shape index (κ1) is 20.2. The van der Waals surface area contributed by atoms with Crippen LogP contribution < -0.4 is 5.32 Å². The Morgan fingerprint density at radius 3 is 2.45 bits per heavy atom. The molecule has 7 heteroatoms. The van der Waals surface area contributed by atoms with Crippen molar-refractivity contribution in [3.63, 3.8) is 0 Å². The Labute approximate surface area is 197 Å². The zero-order valence-corrected chi connectivity index (χ0v) is 19.3. The van der Waals surface area contributed by atoms with Gasteiger partial charge in [0.05, 0.1) is 16.8 Å². The molecule has 0 spiro atoms. The molecule has 0 atom stereocenters. The van der Waals surface area contributed by atoms with Gasteiger partial charge in [0.15, 0.2) is 11.3 Å². The van der Waals surface area contributed by atoms with Crippen LogP contribution in [-0.4, -0.2) is 30.2 Å². The van der Waals surface area contributed by atoms with E-state index in [1.165, 1.54) is 32.1 Å². The molecular weight excluding hydrogens is 432 g/mol. The normalized spacial score (nSPS) is 14.8. The summed E-state index contributed by atoms with van der Waals surface area (Å²) in [7, 11) is 0. The highest BCUT2D eigenvalue weighted by Crippen LogP contribution is 2.35. The number of para-hydroxylation sites is 1. The molecule has 0 radical (unpaired) electrons. The summed E-state index contributed by atoms with van der Waals surface area (Å²) in [5.41, 5.74) is 5.51. The van der Waals surface area contributed by atoms with Crippen LogP contribution >= 0.6 is 11.6 Å². The number of fused-ring (bicyclic) bond motifs is 3. The number of hydrogen-bond acceptors (Lipinski definition) is 4. The van der Waals surface area contributed by atoms with Gasteiger partial charge in [-0.3, -0.25) is 4.40 Å². The second-order valence-corrected chi connectivity index (χ2v) is 9.20. The molecule has 33 heavy (non-hydrogen) atoms. The molecule has 6 rings (SSSR count). The Bertz CT molecular complexity index is 1430. The second kappa shape index (κ2) is 8.19. The quantitative estimate of drug-likeness (QED) is 0.338. The average Bonchev–Trinajstić information content (AvgIpc) is 3.38. The van der Waals surface area contributed by atoms with Gasteiger partial charge >= 0.3 is 0 Å². The van der Waals surface area contributed by atoms with Crippen molar-refractivity contribution < 1.29 is 0 Å². The van der Waals surface area contributed by atoms with Crippen LogP contribution in [0.1, 0.15) is 37.8 Å². The van der Waals surface area contributed by atoms with Crippen molar-refractivity contribution in [3.05, 3.63) is 71.6 Å². The average molecular weight is 457 g/mol. The van der Waals surface area contributed by atoms with Gasteiger partial charge < -0.3 is 5.32 Å². The highest BCUT2D eigenvalue weighted by Gasteiger charge is 2.23. The molecule has 3 aromatic heterocycles. The third-order valence-electron chi connectivity index (χ3n) is 6.53. The van der Waals surface area contributed by atoms with E-state index in [1.54, 1.807) is 0 Å². The lowest BCUT2D eigenvalue weighted by Gasteiger charge is -2.24. The van der Waals surface area contributed by atoms with E-state index in [2.05, 4.69) is 9.72 Å². The Kier molecular flexibility index (Phi) is 5.03. The molecule has 2 aromatic carbocycles. The Balaban J connectivity index is 1.57. The van der Waals surface area contributed by atoms with Crippen LogP contribution in [0.15, 0.2) is 60.9 Å². The van der Waals surface area contributed by atoms with E-state index in [0.29, 0.717) is 11.1 Å². The summed E-state index contributed by atoms with van der Waals surface area (Å²) in [6.07, 6.45) is 8.05. The zero-order chi connectivity index (χ0) is 22.4. The number of hydrogen-bond donors (Lipinski definition) is 1. The van der Waals surface area contributed by atoms with E-state index in [0.717, 1.165) is 45.1 Å². The lowest BCUT2D eigenvalue weighted by Crippen LogP contribution is -2.23. The van der Waals surface area contributed by atoms with Crippen LogP contribution in [0.25, 0.3) is 33.6 Å². The summed E-state index contributed by atoms with van der Waals surface area (Å²) < 4.78 is 3.99. The van der Waals surface area contributed by atoms with E-state index >= 15 is 0 Å². The van der Waals surface area contributed by atoms with E-state index in [9.17, 15) is 0 Å². The first-order valence-electron chi connectivity index (χ1n) is 11.5. The Morgan fingerprint density at radius 2 is 1.70 bits per heavy atom. The monoisotopic (exact) mass is 456 g/mol. The summed E-state index contributed by atoms with van der Waals surface area (Å²) in [5, 5.41) is 10.3. The van der Waals surface area contributed by atoms with Gasteiger partial charge in [-0.1, -0.05) is 61.2 Å². The van der Waals surface area contributed by atoms with E-state index in [-0.39, 0.29) is 0 Å². The topological polar surface area (TPSA) is 60.0 Å². The highest BCUT2D eigenvalue weighted by molar-refractivity contribution is 6.30. The Morgan fingerprint density at radius 1 is 0.939 bits per heavy atom. The molecule has 0 aliphatic heterocycles. The maximum Gasteiger partial charge on any atom is 0.168 e. The number of rotatable bonds is 4. The number of nitrogens with zero attached hydrogens (tertiary/aromatic N) is 5. The van der Waals surface area contributed by atoms with Crippen molar-refractivity contribution in [3.8, 4) is 16.9 Å². The van der Waals surface area contributed by atoms with Crippen molar-refractivity contribution >= 4 is 34.1 Å². The number of aromatic nitrogens is 5. The summed E-state index contributed by atoms with van der Waals surface area (Å²) in [6.45, 7) is 2.02. The van der Waals surface area contributed by atoms with Gasteiger partial charge in [0.25, 0.3) is 0 Å². The fourth-order valence-corrected chi connectivity index (χ4v) is 4.99. The standard InChI is InChI=1S/C26H25ClN6/c1-17-22-24(33(31-17)21-10-6-3-7-11-21)28-16-32-25(22)30-23(18-12-14-19(27)15-13-18)26(32)29-20-8-4-2-5-9-20/h3,6-7,10-16,20,29H,2,4-5,8-9H2,1H3. The lowest BCUT2D eigenvalue weighted by molar-refractivity contribution is 0.461. The highest BCUT2D eigenvalue weighted by atomic mass is 35.5. The summed E-state index contributed by atoms with van der Waals surface area (Å²) >= 11 is 6.17.